The van der Waals surface area contributed by atoms with Crippen LogP contribution in [0, 0.1) is 12.3 Å². The molecule has 0 radical (unpaired) electrons. The van der Waals surface area contributed by atoms with E-state index in [9.17, 15) is 14.3 Å². The number of ether oxygens (including phenoxy) is 2. The van der Waals surface area contributed by atoms with Gasteiger partial charge in [0, 0.05) is 7.05 Å². The fourth-order valence-electron chi connectivity index (χ4n) is 2.81. The molecule has 2 heterocycles. The first-order valence-electron chi connectivity index (χ1n) is 10.2. The lowest BCUT2D eigenvalue weighted by atomic mass is 10.3. The lowest BCUT2D eigenvalue weighted by Crippen LogP contribution is -2.35. The van der Waals surface area contributed by atoms with Crippen LogP contribution < -0.4 is 16.1 Å². The minimum atomic E-state index is -4.31. The Bertz CT molecular complexity index is 1050. The van der Waals surface area contributed by atoms with E-state index in [-0.39, 0.29) is 25.1 Å². The Morgan fingerprint density at radius 3 is 2.67 bits per heavy atom. The van der Waals surface area contributed by atoms with Gasteiger partial charge in [-0.25, -0.2) is 14.6 Å². The number of terminal acetylenes is 1. The first-order chi connectivity index (χ1) is 15.5. The normalized spacial score (nSPS) is 16.1. The van der Waals surface area contributed by atoms with Crippen molar-refractivity contribution in [3.8, 4) is 12.3 Å². The first kappa shape index (κ1) is 26.5. The highest BCUT2D eigenvalue weighted by molar-refractivity contribution is 7.50. The number of rotatable bonds is 12. The van der Waals surface area contributed by atoms with Gasteiger partial charge in [-0.05, 0) is 27.7 Å². The topological polar surface area (TPSA) is 176 Å². The van der Waals surface area contributed by atoms with Crippen LogP contribution in [0.25, 0.3) is 11.2 Å². The van der Waals surface area contributed by atoms with Gasteiger partial charge in [0.05, 0.1) is 31.6 Å². The molecule has 0 saturated heterocycles. The number of esters is 1. The summed E-state index contributed by atoms with van der Waals surface area (Å²) in [5.74, 6) is 2.34. The maximum Gasteiger partial charge on any atom is 0.403 e. The summed E-state index contributed by atoms with van der Waals surface area (Å²) < 4.78 is 29.9. The molecule has 2 rings (SSSR count). The van der Waals surface area contributed by atoms with E-state index >= 15 is 0 Å². The van der Waals surface area contributed by atoms with Gasteiger partial charge in [-0.15, -0.1) is 12.3 Å². The lowest BCUT2D eigenvalue weighted by Gasteiger charge is -2.24. The van der Waals surface area contributed by atoms with Crippen molar-refractivity contribution in [2.75, 3.05) is 24.7 Å². The zero-order valence-electron chi connectivity index (χ0n) is 19.2. The van der Waals surface area contributed by atoms with E-state index in [4.69, 9.17) is 26.2 Å². The average molecular weight is 483 g/mol. The van der Waals surface area contributed by atoms with E-state index in [1.807, 2.05) is 0 Å². The van der Waals surface area contributed by atoms with Gasteiger partial charge < -0.3 is 25.4 Å². The van der Waals surface area contributed by atoms with Gasteiger partial charge in [0.1, 0.15) is 12.3 Å². The molecule has 13 nitrogen and oxygen atoms in total. The van der Waals surface area contributed by atoms with Crippen LogP contribution in [0.4, 0.5) is 11.8 Å². The number of fused-ring (bicyclic) bond motifs is 1. The SMILES string of the molecule is C#CC[C@@H](O[C@@H](C)COP(=O)(O)N[C@@H](C)C(=O)OC(C)C)n1cnc2c(NC)nc(N)nc21. The average Bonchev–Trinajstić information content (AvgIpc) is 3.14. The van der Waals surface area contributed by atoms with Crippen molar-refractivity contribution < 1.29 is 28.3 Å². The molecule has 5 N–H and O–H groups in total. The van der Waals surface area contributed by atoms with Crippen LogP contribution in [0.3, 0.4) is 0 Å². The van der Waals surface area contributed by atoms with Crippen molar-refractivity contribution >= 4 is 36.6 Å². The molecule has 14 heteroatoms. The van der Waals surface area contributed by atoms with E-state index in [2.05, 4.69) is 31.3 Å². The van der Waals surface area contributed by atoms with Crippen LogP contribution in [-0.2, 0) is 23.4 Å². The number of nitrogens with zero attached hydrogens (tertiary/aromatic N) is 4. The number of anilines is 2. The molecule has 0 bridgehead atoms. The van der Waals surface area contributed by atoms with Crippen molar-refractivity contribution in [2.45, 2.75) is 58.6 Å². The summed E-state index contributed by atoms with van der Waals surface area (Å²) in [5, 5.41) is 5.14. The summed E-state index contributed by atoms with van der Waals surface area (Å²) in [6.45, 7) is 6.13. The molecule has 0 aliphatic heterocycles. The second-order valence-corrected chi connectivity index (χ2v) is 9.02. The molecule has 2 aromatic rings. The molecule has 0 aliphatic carbocycles. The first-order valence-corrected chi connectivity index (χ1v) is 11.8. The minimum absolute atomic E-state index is 0.0434. The molecule has 0 aliphatic rings. The molecular weight excluding hydrogens is 453 g/mol. The molecule has 2 aromatic heterocycles. The van der Waals surface area contributed by atoms with E-state index in [1.165, 1.54) is 13.3 Å². The van der Waals surface area contributed by atoms with E-state index < -0.39 is 32.1 Å². The second-order valence-electron chi connectivity index (χ2n) is 7.47. The van der Waals surface area contributed by atoms with Gasteiger partial charge in [0.25, 0.3) is 0 Å². The van der Waals surface area contributed by atoms with Crippen LogP contribution in [-0.4, -0.2) is 62.3 Å². The predicted molar refractivity (Wildman–Crippen MR) is 122 cm³/mol. The van der Waals surface area contributed by atoms with Crippen molar-refractivity contribution in [1.29, 1.82) is 0 Å². The third-order valence-electron chi connectivity index (χ3n) is 4.21. The highest BCUT2D eigenvalue weighted by Gasteiger charge is 2.29. The number of nitrogens with two attached hydrogens (primary N) is 1. The lowest BCUT2D eigenvalue weighted by molar-refractivity contribution is -0.149. The molecule has 33 heavy (non-hydrogen) atoms. The number of imidazole rings is 1. The molecule has 0 spiro atoms. The Hall–Kier alpha value is -2.75. The molecule has 0 fully saturated rings. The zero-order valence-corrected chi connectivity index (χ0v) is 20.1. The minimum Gasteiger partial charge on any atom is -0.462 e. The fraction of sp³-hybridized carbons (Fsp3) is 0.579. The summed E-state index contributed by atoms with van der Waals surface area (Å²) in [6, 6.07) is -1.04. The molecule has 0 amide bonds. The summed E-state index contributed by atoms with van der Waals surface area (Å²) in [7, 11) is -2.63. The maximum atomic E-state index is 12.3. The van der Waals surface area contributed by atoms with E-state index in [0.29, 0.717) is 17.0 Å². The fourth-order valence-corrected chi connectivity index (χ4v) is 3.90. The molecule has 1 unspecified atom stereocenters. The van der Waals surface area contributed by atoms with Crippen molar-refractivity contribution in [1.82, 2.24) is 24.6 Å². The quantitative estimate of drug-likeness (QED) is 0.194. The number of hydrogen-bond acceptors (Lipinski definition) is 10. The monoisotopic (exact) mass is 483 g/mol. The van der Waals surface area contributed by atoms with Crippen LogP contribution in [0.2, 0.25) is 0 Å². The molecule has 4 atom stereocenters. The third kappa shape index (κ3) is 7.38. The Morgan fingerprint density at radius 2 is 2.06 bits per heavy atom. The van der Waals surface area contributed by atoms with Gasteiger partial charge in [0.15, 0.2) is 17.0 Å². The van der Waals surface area contributed by atoms with Gasteiger partial charge in [-0.2, -0.15) is 9.97 Å². The summed E-state index contributed by atoms with van der Waals surface area (Å²) >= 11 is 0. The van der Waals surface area contributed by atoms with Crippen LogP contribution >= 0.6 is 7.75 Å². The Kier molecular flexibility index (Phi) is 9.16. The summed E-state index contributed by atoms with van der Waals surface area (Å²) in [5.41, 5.74) is 6.67. The smallest absolute Gasteiger partial charge is 0.403 e. The van der Waals surface area contributed by atoms with Gasteiger partial charge >= 0.3 is 13.7 Å². The number of carbonyl (C=O) groups is 1. The molecule has 182 valence electrons. The Labute approximate surface area is 192 Å². The van der Waals surface area contributed by atoms with Gasteiger partial charge in [-0.3, -0.25) is 13.9 Å². The predicted octanol–water partition coefficient (Wildman–Crippen LogP) is 1.42. The molecule has 0 saturated carbocycles. The summed E-state index contributed by atoms with van der Waals surface area (Å²) in [4.78, 5) is 34.5. The number of carbonyl (C=O) groups excluding carboxylic acids is 1. The van der Waals surface area contributed by atoms with Gasteiger partial charge in [0.2, 0.25) is 5.95 Å². The van der Waals surface area contributed by atoms with Crippen molar-refractivity contribution in [3.63, 3.8) is 0 Å². The maximum absolute atomic E-state index is 12.3. The number of hydrogen-bond donors (Lipinski definition) is 4. The van der Waals surface area contributed by atoms with E-state index in [1.54, 1.807) is 32.4 Å². The Balaban J connectivity index is 2.06. The molecular formula is C19H30N7O6P. The van der Waals surface area contributed by atoms with Crippen LogP contribution in [0.5, 0.6) is 0 Å². The second kappa shape index (κ2) is 11.4. The highest BCUT2D eigenvalue weighted by Crippen LogP contribution is 2.38. The van der Waals surface area contributed by atoms with Gasteiger partial charge in [-0.1, -0.05) is 0 Å². The van der Waals surface area contributed by atoms with E-state index in [0.717, 1.165) is 0 Å². The third-order valence-corrected chi connectivity index (χ3v) is 5.43. The van der Waals surface area contributed by atoms with Crippen LogP contribution in [0.15, 0.2) is 6.33 Å². The molecule has 0 aromatic carbocycles. The van der Waals surface area contributed by atoms with Crippen molar-refractivity contribution in [2.24, 2.45) is 0 Å². The van der Waals surface area contributed by atoms with Crippen LogP contribution in [0.1, 0.15) is 40.3 Å². The zero-order chi connectivity index (χ0) is 24.8. The largest absolute Gasteiger partial charge is 0.462 e. The number of nitrogens with one attached hydrogen (secondary N) is 2. The Morgan fingerprint density at radius 1 is 1.36 bits per heavy atom. The standard InChI is InChI=1S/C19H30N7O6P/c1-7-8-14(26-10-22-15-16(21-6)23-19(20)24-17(15)26)32-12(4)9-30-33(28,29)25-13(5)18(27)31-11(2)3/h1,10-14H,8-9H2,2-6H3,(H2,25,28,29)(H3,20,21,23,24)/t12-,13-,14+/m0/s1. The van der Waals surface area contributed by atoms with Crippen molar-refractivity contribution in [3.05, 3.63) is 6.33 Å². The number of nitrogen functional groups attached to an aromatic ring is 1. The highest BCUT2D eigenvalue weighted by atomic mass is 31.2. The summed E-state index contributed by atoms with van der Waals surface area (Å²) in [6.07, 6.45) is 5.43. The number of aromatic nitrogens is 4.